The van der Waals surface area contributed by atoms with Crippen LogP contribution in [0, 0.1) is 0 Å². The van der Waals surface area contributed by atoms with Gasteiger partial charge in [-0.2, -0.15) is 0 Å². The van der Waals surface area contributed by atoms with Crippen LogP contribution in [0.15, 0.2) is 0 Å². The van der Waals surface area contributed by atoms with Crippen molar-refractivity contribution < 1.29 is 9.53 Å². The molecule has 0 aromatic heterocycles. The van der Waals surface area contributed by atoms with Gasteiger partial charge in [-0.05, 0) is 40.8 Å². The molecule has 1 amide bonds. The maximum Gasteiger partial charge on any atom is 0.410 e. The van der Waals surface area contributed by atoms with Crippen molar-refractivity contribution in [2.45, 2.75) is 38.8 Å². The Balaban J connectivity index is 1.67. The Kier molecular flexibility index (Phi) is 6.06. The second kappa shape index (κ2) is 7.62. The first kappa shape index (κ1) is 17.5. The molecular formula is C16H32N4O2. The third-order valence-corrected chi connectivity index (χ3v) is 4.45. The van der Waals surface area contributed by atoms with E-state index in [4.69, 9.17) is 4.74 Å². The van der Waals surface area contributed by atoms with Crippen LogP contribution in [0.1, 0.15) is 27.2 Å². The van der Waals surface area contributed by atoms with E-state index in [1.54, 1.807) is 0 Å². The molecule has 0 radical (unpaired) electrons. The van der Waals surface area contributed by atoms with Crippen molar-refractivity contribution in [3.05, 3.63) is 0 Å². The number of carbonyl (C=O) groups excluding carboxylic acids is 1. The summed E-state index contributed by atoms with van der Waals surface area (Å²) in [5.74, 6) is 0. The van der Waals surface area contributed by atoms with Gasteiger partial charge in [0.1, 0.15) is 5.60 Å². The summed E-state index contributed by atoms with van der Waals surface area (Å²) in [6.07, 6.45) is 1.01. The highest BCUT2D eigenvalue weighted by Gasteiger charge is 2.26. The first-order valence-corrected chi connectivity index (χ1v) is 8.46. The van der Waals surface area contributed by atoms with Crippen LogP contribution in [-0.4, -0.2) is 91.8 Å². The Morgan fingerprint density at radius 3 is 2.45 bits per heavy atom. The van der Waals surface area contributed by atoms with Crippen LogP contribution in [0.5, 0.6) is 0 Å². The molecule has 1 N–H and O–H groups in total. The maximum atomic E-state index is 12.0. The molecule has 2 aliphatic heterocycles. The minimum Gasteiger partial charge on any atom is -0.444 e. The van der Waals surface area contributed by atoms with Gasteiger partial charge in [0.2, 0.25) is 0 Å². The first-order valence-electron chi connectivity index (χ1n) is 8.46. The van der Waals surface area contributed by atoms with Crippen LogP contribution < -0.4 is 5.32 Å². The highest BCUT2D eigenvalue weighted by Crippen LogP contribution is 2.13. The van der Waals surface area contributed by atoms with E-state index >= 15 is 0 Å². The van der Waals surface area contributed by atoms with Gasteiger partial charge < -0.3 is 19.9 Å². The van der Waals surface area contributed by atoms with E-state index in [1.807, 2.05) is 25.7 Å². The molecule has 0 spiro atoms. The lowest BCUT2D eigenvalue weighted by molar-refractivity contribution is 0.0138. The number of carbonyl (C=O) groups is 1. The average Bonchev–Trinajstić information content (AvgIpc) is 2.45. The summed E-state index contributed by atoms with van der Waals surface area (Å²) in [5, 5.41) is 3.47. The van der Waals surface area contributed by atoms with Crippen molar-refractivity contribution in [1.82, 2.24) is 20.0 Å². The van der Waals surface area contributed by atoms with Crippen LogP contribution in [-0.2, 0) is 4.74 Å². The predicted molar refractivity (Wildman–Crippen MR) is 88.2 cm³/mol. The smallest absolute Gasteiger partial charge is 0.410 e. The SMILES string of the molecule is CN1CCNCC1CCN1CCN(C(=O)OC(C)(C)C)CC1. The molecule has 0 aliphatic carbocycles. The lowest BCUT2D eigenvalue weighted by Gasteiger charge is -2.38. The fourth-order valence-corrected chi connectivity index (χ4v) is 3.00. The minimum atomic E-state index is -0.410. The van der Waals surface area contributed by atoms with Crippen molar-refractivity contribution in [1.29, 1.82) is 0 Å². The van der Waals surface area contributed by atoms with E-state index in [0.717, 1.165) is 52.4 Å². The van der Waals surface area contributed by atoms with Gasteiger partial charge in [-0.25, -0.2) is 4.79 Å². The van der Waals surface area contributed by atoms with Gasteiger partial charge in [0.25, 0.3) is 0 Å². The number of likely N-dealkylation sites (N-methyl/N-ethyl adjacent to an activating group) is 1. The molecule has 0 bridgehead atoms. The van der Waals surface area contributed by atoms with Crippen LogP contribution in [0.3, 0.4) is 0 Å². The monoisotopic (exact) mass is 312 g/mol. The summed E-state index contributed by atoms with van der Waals surface area (Å²) in [4.78, 5) is 18.8. The largest absolute Gasteiger partial charge is 0.444 e. The van der Waals surface area contributed by atoms with Crippen molar-refractivity contribution in [2.75, 3.05) is 59.4 Å². The molecule has 2 fully saturated rings. The van der Waals surface area contributed by atoms with E-state index < -0.39 is 5.60 Å². The molecule has 0 aromatic rings. The summed E-state index contributed by atoms with van der Waals surface area (Å²) < 4.78 is 5.44. The standard InChI is InChI=1S/C16H32N4O2/c1-16(2,3)22-15(21)20-11-9-19(10-12-20)7-5-14-13-17-6-8-18(14)4/h14,17H,5-13H2,1-4H3. The van der Waals surface area contributed by atoms with Crippen LogP contribution in [0.4, 0.5) is 4.79 Å². The van der Waals surface area contributed by atoms with E-state index in [2.05, 4.69) is 22.2 Å². The number of nitrogens with zero attached hydrogens (tertiary/aromatic N) is 3. The summed E-state index contributed by atoms with van der Waals surface area (Å²) in [7, 11) is 2.21. The lowest BCUT2D eigenvalue weighted by Crippen LogP contribution is -2.53. The average molecular weight is 312 g/mol. The fourth-order valence-electron chi connectivity index (χ4n) is 3.00. The number of amides is 1. The topological polar surface area (TPSA) is 48.0 Å². The zero-order valence-corrected chi connectivity index (χ0v) is 14.6. The first-order chi connectivity index (χ1) is 10.3. The van der Waals surface area contributed by atoms with E-state index in [0.29, 0.717) is 6.04 Å². The molecule has 22 heavy (non-hydrogen) atoms. The van der Waals surface area contributed by atoms with Gasteiger partial charge in [-0.1, -0.05) is 0 Å². The molecule has 2 rings (SSSR count). The summed E-state index contributed by atoms with van der Waals surface area (Å²) >= 11 is 0. The van der Waals surface area contributed by atoms with E-state index in [9.17, 15) is 4.79 Å². The molecule has 128 valence electrons. The van der Waals surface area contributed by atoms with Gasteiger partial charge in [0.15, 0.2) is 0 Å². The minimum absolute atomic E-state index is 0.177. The van der Waals surface area contributed by atoms with Crippen molar-refractivity contribution in [2.24, 2.45) is 0 Å². The zero-order chi connectivity index (χ0) is 16.2. The Morgan fingerprint density at radius 2 is 1.86 bits per heavy atom. The molecule has 6 heteroatoms. The lowest BCUT2D eigenvalue weighted by atomic mass is 10.1. The Hall–Kier alpha value is -0.850. The van der Waals surface area contributed by atoms with Crippen molar-refractivity contribution >= 4 is 6.09 Å². The quantitative estimate of drug-likeness (QED) is 0.836. The third-order valence-electron chi connectivity index (χ3n) is 4.45. The number of piperazine rings is 2. The molecule has 2 saturated heterocycles. The molecule has 2 heterocycles. The second-order valence-corrected chi connectivity index (χ2v) is 7.44. The van der Waals surface area contributed by atoms with Crippen LogP contribution >= 0.6 is 0 Å². The second-order valence-electron chi connectivity index (χ2n) is 7.44. The van der Waals surface area contributed by atoms with Crippen molar-refractivity contribution in [3.63, 3.8) is 0 Å². The molecule has 1 atom stereocenters. The number of nitrogens with one attached hydrogen (secondary N) is 1. The van der Waals surface area contributed by atoms with Gasteiger partial charge in [-0.3, -0.25) is 4.90 Å². The number of hydrogen-bond donors (Lipinski definition) is 1. The molecule has 1 unspecified atom stereocenters. The number of rotatable bonds is 3. The van der Waals surface area contributed by atoms with Crippen LogP contribution in [0.25, 0.3) is 0 Å². The highest BCUT2D eigenvalue weighted by atomic mass is 16.6. The Labute approximate surface area is 134 Å². The zero-order valence-electron chi connectivity index (χ0n) is 14.6. The summed E-state index contributed by atoms with van der Waals surface area (Å²) in [6, 6.07) is 0.637. The molecular weight excluding hydrogens is 280 g/mol. The molecule has 0 saturated carbocycles. The van der Waals surface area contributed by atoms with Gasteiger partial charge in [0.05, 0.1) is 0 Å². The van der Waals surface area contributed by atoms with Crippen LogP contribution in [0.2, 0.25) is 0 Å². The Bertz CT molecular complexity index is 362. The van der Waals surface area contributed by atoms with E-state index in [1.165, 1.54) is 6.42 Å². The fraction of sp³-hybridized carbons (Fsp3) is 0.938. The van der Waals surface area contributed by atoms with Gasteiger partial charge >= 0.3 is 6.09 Å². The molecule has 6 nitrogen and oxygen atoms in total. The number of hydrogen-bond acceptors (Lipinski definition) is 5. The molecule has 2 aliphatic rings. The number of ether oxygens (including phenoxy) is 1. The van der Waals surface area contributed by atoms with E-state index in [-0.39, 0.29) is 6.09 Å². The normalized spacial score (nSPS) is 25.3. The maximum absolute atomic E-state index is 12.0. The van der Waals surface area contributed by atoms with Gasteiger partial charge in [-0.15, -0.1) is 0 Å². The predicted octanol–water partition coefficient (Wildman–Crippen LogP) is 0.833. The summed E-state index contributed by atoms with van der Waals surface area (Å²) in [6.45, 7) is 13.6. The summed E-state index contributed by atoms with van der Waals surface area (Å²) in [5.41, 5.74) is -0.410. The Morgan fingerprint density at radius 1 is 1.18 bits per heavy atom. The van der Waals surface area contributed by atoms with Gasteiger partial charge in [0, 0.05) is 51.9 Å². The highest BCUT2D eigenvalue weighted by molar-refractivity contribution is 5.68. The van der Waals surface area contributed by atoms with Crippen molar-refractivity contribution in [3.8, 4) is 0 Å². The molecule has 0 aromatic carbocycles. The third kappa shape index (κ3) is 5.41.